The number of hydrogen-bond donors (Lipinski definition) is 1. The molecule has 3 heterocycles. The van der Waals surface area contributed by atoms with Crippen molar-refractivity contribution in [1.82, 2.24) is 24.5 Å². The number of methoxy groups -OCH3 is 1. The van der Waals surface area contributed by atoms with Gasteiger partial charge in [0, 0.05) is 34.9 Å². The van der Waals surface area contributed by atoms with Crippen molar-refractivity contribution in [3.63, 3.8) is 0 Å². The van der Waals surface area contributed by atoms with Gasteiger partial charge in [-0.1, -0.05) is 23.5 Å². The van der Waals surface area contributed by atoms with Gasteiger partial charge in [0.05, 0.1) is 25.0 Å². The summed E-state index contributed by atoms with van der Waals surface area (Å²) in [6, 6.07) is 15.6. The summed E-state index contributed by atoms with van der Waals surface area (Å²) in [7, 11) is 3.36. The molecule has 0 bridgehead atoms. The summed E-state index contributed by atoms with van der Waals surface area (Å²) < 4.78 is 22.1. The van der Waals surface area contributed by atoms with E-state index in [-0.39, 0.29) is 11.7 Å². The second kappa shape index (κ2) is 8.75. The molecule has 1 N–H and O–H groups in total. The van der Waals surface area contributed by atoms with Gasteiger partial charge in [-0.3, -0.25) is 13.9 Å². The minimum Gasteiger partial charge on any atom is -0.497 e. The van der Waals surface area contributed by atoms with E-state index in [1.807, 2.05) is 41.8 Å². The molecule has 172 valence electrons. The molecule has 0 spiro atoms. The predicted molar refractivity (Wildman–Crippen MR) is 130 cm³/mol. The Hall–Kier alpha value is -3.98. The van der Waals surface area contributed by atoms with Crippen LogP contribution in [-0.4, -0.2) is 32.2 Å². The van der Waals surface area contributed by atoms with Crippen molar-refractivity contribution in [2.24, 2.45) is 7.05 Å². The second-order valence-electron chi connectivity index (χ2n) is 7.85. The highest BCUT2D eigenvalue weighted by Gasteiger charge is 2.17. The lowest BCUT2D eigenvalue weighted by atomic mass is 10.1. The van der Waals surface area contributed by atoms with Gasteiger partial charge in [0.15, 0.2) is 4.96 Å². The number of ether oxygens (including phenoxy) is 1. The predicted octanol–water partition coefficient (Wildman–Crippen LogP) is 4.85. The number of carbonyl (C=O) groups is 1. The lowest BCUT2D eigenvalue weighted by Gasteiger charge is -2.04. The number of hydrogen-bond acceptors (Lipinski definition) is 5. The molecule has 34 heavy (non-hydrogen) atoms. The Kier molecular flexibility index (Phi) is 5.62. The number of nitrogens with one attached hydrogen (secondary N) is 1. The van der Waals surface area contributed by atoms with Gasteiger partial charge in [0.25, 0.3) is 5.91 Å². The number of thiazole rings is 1. The first kappa shape index (κ1) is 21.8. The third kappa shape index (κ3) is 4.06. The summed E-state index contributed by atoms with van der Waals surface area (Å²) in [4.78, 5) is 19.4. The van der Waals surface area contributed by atoms with Crippen LogP contribution < -0.4 is 10.1 Å². The molecule has 0 aliphatic rings. The van der Waals surface area contributed by atoms with Gasteiger partial charge in [-0.15, -0.1) is 0 Å². The van der Waals surface area contributed by atoms with E-state index in [0.29, 0.717) is 17.9 Å². The Bertz CT molecular complexity index is 1500. The number of nitrogens with zero attached hydrogens (tertiary/aromatic N) is 4. The molecule has 0 saturated heterocycles. The fourth-order valence-corrected chi connectivity index (χ4v) is 4.81. The zero-order chi connectivity index (χ0) is 23.8. The van der Waals surface area contributed by atoms with Crippen molar-refractivity contribution in [3.8, 4) is 28.3 Å². The van der Waals surface area contributed by atoms with E-state index in [9.17, 15) is 9.18 Å². The summed E-state index contributed by atoms with van der Waals surface area (Å²) in [5.41, 5.74) is 4.69. The number of aromatic nitrogens is 4. The van der Waals surface area contributed by atoms with Crippen LogP contribution in [0.15, 0.2) is 60.8 Å². The van der Waals surface area contributed by atoms with Crippen molar-refractivity contribution in [2.45, 2.75) is 13.5 Å². The Morgan fingerprint density at radius 1 is 1.12 bits per heavy atom. The van der Waals surface area contributed by atoms with Crippen LogP contribution in [0.1, 0.15) is 21.1 Å². The molecule has 2 aromatic carbocycles. The number of aryl methyl sites for hydroxylation is 2. The van der Waals surface area contributed by atoms with E-state index in [0.717, 1.165) is 38.1 Å². The van der Waals surface area contributed by atoms with E-state index < -0.39 is 0 Å². The summed E-state index contributed by atoms with van der Waals surface area (Å²) in [5, 5.41) is 7.48. The molecule has 0 atom stereocenters. The highest BCUT2D eigenvalue weighted by molar-refractivity contribution is 7.17. The number of halogens is 1. The van der Waals surface area contributed by atoms with Crippen LogP contribution in [0.2, 0.25) is 0 Å². The molecule has 5 rings (SSSR count). The summed E-state index contributed by atoms with van der Waals surface area (Å²) in [6.07, 6.45) is 1.93. The highest BCUT2D eigenvalue weighted by Crippen LogP contribution is 2.28. The van der Waals surface area contributed by atoms with Gasteiger partial charge in [-0.05, 0) is 49.4 Å². The summed E-state index contributed by atoms with van der Waals surface area (Å²) >= 11 is 1.52. The molecule has 0 aliphatic heterocycles. The van der Waals surface area contributed by atoms with Crippen molar-refractivity contribution in [2.75, 3.05) is 7.11 Å². The molecule has 0 fully saturated rings. The molecule has 0 unspecified atom stereocenters. The molecular formula is C25H22FN5O2S. The average Bonchev–Trinajstić information content (AvgIpc) is 3.52. The third-order valence-corrected chi connectivity index (χ3v) is 6.84. The summed E-state index contributed by atoms with van der Waals surface area (Å²) in [5.74, 6) is 0.250. The van der Waals surface area contributed by atoms with Gasteiger partial charge in [-0.2, -0.15) is 5.10 Å². The standard InChI is InChI=1S/C25H22FN5O2S/c1-15-23(34-25-28-21(14-31(15)25)16-7-9-18(26)10-8-16)13-27-24(32)22-12-20(29-30(22)2)17-5-4-6-19(11-17)33-3/h4-12,14H,13H2,1-3H3,(H,27,32). The number of fused-ring (bicyclic) bond motifs is 1. The molecular weight excluding hydrogens is 453 g/mol. The molecule has 1 amide bonds. The van der Waals surface area contributed by atoms with Crippen molar-refractivity contribution in [1.29, 1.82) is 0 Å². The Morgan fingerprint density at radius 2 is 1.91 bits per heavy atom. The highest BCUT2D eigenvalue weighted by atomic mass is 32.1. The van der Waals surface area contributed by atoms with Crippen LogP contribution in [0.3, 0.4) is 0 Å². The molecule has 5 aromatic rings. The normalized spacial score (nSPS) is 11.2. The quantitative estimate of drug-likeness (QED) is 0.381. The largest absolute Gasteiger partial charge is 0.497 e. The number of imidazole rings is 1. The maximum atomic E-state index is 13.2. The van der Waals surface area contributed by atoms with E-state index in [1.165, 1.54) is 23.5 Å². The average molecular weight is 476 g/mol. The second-order valence-corrected chi connectivity index (χ2v) is 8.91. The summed E-state index contributed by atoms with van der Waals surface area (Å²) in [6.45, 7) is 2.37. The maximum absolute atomic E-state index is 13.2. The monoisotopic (exact) mass is 475 g/mol. The number of rotatable bonds is 6. The van der Waals surface area contributed by atoms with E-state index >= 15 is 0 Å². The van der Waals surface area contributed by atoms with Crippen LogP contribution in [-0.2, 0) is 13.6 Å². The molecule has 7 nitrogen and oxygen atoms in total. The van der Waals surface area contributed by atoms with Crippen LogP contribution in [0.4, 0.5) is 4.39 Å². The van der Waals surface area contributed by atoms with E-state index in [2.05, 4.69) is 15.4 Å². The molecule has 9 heteroatoms. The first-order valence-corrected chi connectivity index (χ1v) is 11.4. The van der Waals surface area contributed by atoms with E-state index in [1.54, 1.807) is 37.0 Å². The topological polar surface area (TPSA) is 73.4 Å². The first-order chi connectivity index (χ1) is 16.4. The molecule has 0 radical (unpaired) electrons. The maximum Gasteiger partial charge on any atom is 0.269 e. The smallest absolute Gasteiger partial charge is 0.269 e. The SMILES string of the molecule is COc1cccc(-c2cc(C(=O)NCc3sc4nc(-c5ccc(F)cc5)cn4c3C)n(C)n2)c1. The zero-order valence-electron chi connectivity index (χ0n) is 18.9. The Morgan fingerprint density at radius 3 is 2.65 bits per heavy atom. The molecule has 0 aliphatic carbocycles. The van der Waals surface area contributed by atoms with Gasteiger partial charge < -0.3 is 10.1 Å². The minimum atomic E-state index is -0.275. The van der Waals surface area contributed by atoms with Gasteiger partial charge in [0.2, 0.25) is 0 Å². The number of benzene rings is 2. The molecule has 3 aromatic heterocycles. The van der Waals surface area contributed by atoms with Crippen molar-refractivity contribution < 1.29 is 13.9 Å². The first-order valence-electron chi connectivity index (χ1n) is 10.6. The van der Waals surface area contributed by atoms with Crippen LogP contribution in [0, 0.1) is 12.7 Å². The Balaban J connectivity index is 1.32. The van der Waals surface area contributed by atoms with Gasteiger partial charge in [-0.25, -0.2) is 9.37 Å². The Labute approximate surface area is 199 Å². The lowest BCUT2D eigenvalue weighted by molar-refractivity contribution is 0.0942. The van der Waals surface area contributed by atoms with Crippen LogP contribution in [0.5, 0.6) is 5.75 Å². The number of carbonyl (C=O) groups excluding carboxylic acids is 1. The van der Waals surface area contributed by atoms with Gasteiger partial charge in [0.1, 0.15) is 17.3 Å². The molecule has 0 saturated carbocycles. The van der Waals surface area contributed by atoms with Gasteiger partial charge >= 0.3 is 0 Å². The van der Waals surface area contributed by atoms with Crippen molar-refractivity contribution >= 4 is 22.2 Å². The zero-order valence-corrected chi connectivity index (χ0v) is 19.7. The lowest BCUT2D eigenvalue weighted by Crippen LogP contribution is -2.25. The third-order valence-electron chi connectivity index (χ3n) is 5.68. The minimum absolute atomic E-state index is 0.207. The van der Waals surface area contributed by atoms with Crippen molar-refractivity contribution in [3.05, 3.63) is 82.9 Å². The van der Waals surface area contributed by atoms with E-state index in [4.69, 9.17) is 4.74 Å². The van der Waals surface area contributed by atoms with Crippen LogP contribution >= 0.6 is 11.3 Å². The number of amides is 1. The fraction of sp³-hybridized carbons (Fsp3) is 0.160. The van der Waals surface area contributed by atoms with Crippen LogP contribution in [0.25, 0.3) is 27.5 Å². The fourth-order valence-electron chi connectivity index (χ4n) is 3.77.